The number of rotatable bonds is 8. The molecule has 2 heterocycles. The molecule has 8 heteroatoms. The maximum atomic E-state index is 12.3. The van der Waals surface area contributed by atoms with Crippen LogP contribution in [0, 0.1) is 0 Å². The number of carbonyl (C=O) groups excluding carboxylic acids is 1. The molecule has 4 rings (SSSR count). The predicted octanol–water partition coefficient (Wildman–Crippen LogP) is 0.819. The van der Waals surface area contributed by atoms with Gasteiger partial charge in [0, 0.05) is 32.7 Å². The first-order chi connectivity index (χ1) is 14.6. The molecule has 1 N–H and O–H groups in total. The van der Waals surface area contributed by atoms with Gasteiger partial charge in [-0.05, 0) is 43.6 Å². The number of likely N-dealkylation sites (tertiary alicyclic amines) is 1. The zero-order valence-corrected chi connectivity index (χ0v) is 17.3. The van der Waals surface area contributed by atoms with Crippen LogP contribution in [0.1, 0.15) is 24.4 Å². The third-order valence-electron chi connectivity index (χ3n) is 6.22. The van der Waals surface area contributed by atoms with Gasteiger partial charge in [0.1, 0.15) is 17.1 Å². The van der Waals surface area contributed by atoms with Crippen LogP contribution in [-0.2, 0) is 4.79 Å². The number of ether oxygens (including phenoxy) is 1. The molecule has 0 bridgehead atoms. The van der Waals surface area contributed by atoms with Crippen LogP contribution in [0.25, 0.3) is 0 Å². The SMILES string of the molecule is COc1ccc([C@H](CNc2c(N3CCN(C=O)CC3)c(=O)c2=O)N2CCCC2)cc1. The molecule has 0 unspecified atom stereocenters. The van der Waals surface area contributed by atoms with Gasteiger partial charge in [-0.1, -0.05) is 12.1 Å². The summed E-state index contributed by atoms with van der Waals surface area (Å²) in [5, 5.41) is 3.29. The fraction of sp³-hybridized carbons (Fsp3) is 0.500. The summed E-state index contributed by atoms with van der Waals surface area (Å²) in [6.07, 6.45) is 3.16. The Morgan fingerprint density at radius 3 is 2.27 bits per heavy atom. The van der Waals surface area contributed by atoms with Gasteiger partial charge in [-0.3, -0.25) is 19.3 Å². The zero-order chi connectivity index (χ0) is 21.1. The Morgan fingerprint density at radius 2 is 1.67 bits per heavy atom. The van der Waals surface area contributed by atoms with Crippen LogP contribution in [0.15, 0.2) is 33.9 Å². The van der Waals surface area contributed by atoms with Crippen molar-refractivity contribution < 1.29 is 9.53 Å². The van der Waals surface area contributed by atoms with Crippen molar-refractivity contribution in [3.63, 3.8) is 0 Å². The minimum Gasteiger partial charge on any atom is -0.497 e. The first kappa shape index (κ1) is 20.4. The molecule has 2 aromatic carbocycles. The maximum Gasteiger partial charge on any atom is 0.253 e. The van der Waals surface area contributed by atoms with E-state index in [2.05, 4.69) is 22.3 Å². The summed E-state index contributed by atoms with van der Waals surface area (Å²) in [5.41, 5.74) is 1.17. The number of benzene rings is 1. The van der Waals surface area contributed by atoms with E-state index in [1.54, 1.807) is 12.0 Å². The van der Waals surface area contributed by atoms with E-state index >= 15 is 0 Å². The molecule has 160 valence electrons. The van der Waals surface area contributed by atoms with Gasteiger partial charge >= 0.3 is 0 Å². The van der Waals surface area contributed by atoms with Gasteiger partial charge in [0.05, 0.1) is 13.2 Å². The van der Waals surface area contributed by atoms with Crippen LogP contribution in [0.2, 0.25) is 0 Å². The Hall–Kier alpha value is -2.87. The van der Waals surface area contributed by atoms with Crippen LogP contribution >= 0.6 is 0 Å². The number of hydrogen-bond donors (Lipinski definition) is 1. The molecule has 0 radical (unpaired) electrons. The van der Waals surface area contributed by atoms with Crippen LogP contribution in [-0.4, -0.2) is 69.1 Å². The number of amides is 1. The molecule has 2 saturated heterocycles. The number of nitrogens with one attached hydrogen (secondary N) is 1. The number of anilines is 2. The minimum absolute atomic E-state index is 0.113. The Bertz CT molecular complexity index is 937. The second-order valence-electron chi connectivity index (χ2n) is 7.92. The lowest BCUT2D eigenvalue weighted by Crippen LogP contribution is -2.51. The van der Waals surface area contributed by atoms with Crippen molar-refractivity contribution >= 4 is 17.8 Å². The van der Waals surface area contributed by atoms with E-state index in [9.17, 15) is 14.4 Å². The van der Waals surface area contributed by atoms with Gasteiger partial charge in [0.2, 0.25) is 6.41 Å². The van der Waals surface area contributed by atoms with Gasteiger partial charge < -0.3 is 19.9 Å². The number of nitrogens with zero attached hydrogens (tertiary/aromatic N) is 3. The highest BCUT2D eigenvalue weighted by molar-refractivity contribution is 5.75. The second kappa shape index (κ2) is 8.87. The zero-order valence-electron chi connectivity index (χ0n) is 17.3. The van der Waals surface area contributed by atoms with E-state index in [1.807, 2.05) is 17.0 Å². The highest BCUT2D eigenvalue weighted by Gasteiger charge is 2.30. The summed E-state index contributed by atoms with van der Waals surface area (Å²) >= 11 is 0. The van der Waals surface area contributed by atoms with Crippen LogP contribution in [0.5, 0.6) is 5.75 Å². The largest absolute Gasteiger partial charge is 0.497 e. The molecule has 2 aromatic rings. The van der Waals surface area contributed by atoms with Crippen molar-refractivity contribution in [3.05, 3.63) is 50.3 Å². The van der Waals surface area contributed by atoms with Crippen molar-refractivity contribution in [2.45, 2.75) is 18.9 Å². The summed E-state index contributed by atoms with van der Waals surface area (Å²) in [4.78, 5) is 41.5. The Balaban J connectivity index is 1.50. The Morgan fingerprint density at radius 1 is 1.00 bits per heavy atom. The summed E-state index contributed by atoms with van der Waals surface area (Å²) in [6.45, 7) is 4.83. The summed E-state index contributed by atoms with van der Waals surface area (Å²) < 4.78 is 5.27. The monoisotopic (exact) mass is 412 g/mol. The molecule has 2 aliphatic rings. The second-order valence-corrected chi connectivity index (χ2v) is 7.92. The van der Waals surface area contributed by atoms with Gasteiger partial charge in [-0.2, -0.15) is 0 Å². The fourth-order valence-corrected chi connectivity index (χ4v) is 4.43. The van der Waals surface area contributed by atoms with E-state index < -0.39 is 10.9 Å². The molecule has 2 fully saturated rings. The summed E-state index contributed by atoms with van der Waals surface area (Å²) in [7, 11) is 1.65. The van der Waals surface area contributed by atoms with E-state index in [0.29, 0.717) is 44.1 Å². The minimum atomic E-state index is -0.447. The molecular formula is C22H28N4O4. The molecule has 8 nitrogen and oxygen atoms in total. The van der Waals surface area contributed by atoms with E-state index in [0.717, 1.165) is 30.8 Å². The fourth-order valence-electron chi connectivity index (χ4n) is 4.43. The Labute approximate surface area is 175 Å². The lowest BCUT2D eigenvalue weighted by Gasteiger charge is -2.36. The average molecular weight is 412 g/mol. The van der Waals surface area contributed by atoms with Crippen molar-refractivity contribution in [1.82, 2.24) is 9.80 Å². The van der Waals surface area contributed by atoms with E-state index in [-0.39, 0.29) is 6.04 Å². The smallest absolute Gasteiger partial charge is 0.253 e. The van der Waals surface area contributed by atoms with Crippen LogP contribution < -0.4 is 25.8 Å². The lowest BCUT2D eigenvalue weighted by atomic mass is 10.0. The van der Waals surface area contributed by atoms with Gasteiger partial charge in [-0.25, -0.2) is 0 Å². The number of carbonyl (C=O) groups is 1. The predicted molar refractivity (Wildman–Crippen MR) is 116 cm³/mol. The Kier molecular flexibility index (Phi) is 6.03. The van der Waals surface area contributed by atoms with E-state index in [1.165, 1.54) is 12.8 Å². The number of piperazine rings is 1. The summed E-state index contributed by atoms with van der Waals surface area (Å²) in [5.74, 6) is 0.811. The van der Waals surface area contributed by atoms with E-state index in [4.69, 9.17) is 4.74 Å². The molecule has 0 aromatic heterocycles. The van der Waals surface area contributed by atoms with Crippen molar-refractivity contribution in [2.24, 2.45) is 0 Å². The molecular weight excluding hydrogens is 384 g/mol. The van der Waals surface area contributed by atoms with Crippen molar-refractivity contribution in [2.75, 3.05) is 63.1 Å². The molecule has 0 aliphatic carbocycles. The molecule has 1 atom stereocenters. The highest BCUT2D eigenvalue weighted by atomic mass is 16.5. The van der Waals surface area contributed by atoms with Crippen molar-refractivity contribution in [1.29, 1.82) is 0 Å². The first-order valence-corrected chi connectivity index (χ1v) is 10.5. The molecule has 30 heavy (non-hydrogen) atoms. The third kappa shape index (κ3) is 3.92. The highest BCUT2D eigenvalue weighted by Crippen LogP contribution is 2.28. The normalized spacial score (nSPS) is 18.6. The third-order valence-corrected chi connectivity index (χ3v) is 6.22. The molecule has 0 spiro atoms. The average Bonchev–Trinajstić information content (AvgIpc) is 3.33. The van der Waals surface area contributed by atoms with Crippen molar-refractivity contribution in [3.8, 4) is 5.75 Å². The van der Waals surface area contributed by atoms with Gasteiger partial charge in [-0.15, -0.1) is 0 Å². The molecule has 2 aliphatic heterocycles. The summed E-state index contributed by atoms with van der Waals surface area (Å²) in [6, 6.07) is 8.14. The maximum absolute atomic E-state index is 12.3. The standard InChI is InChI=1S/C22H28N4O4/c1-30-17-6-4-16(5-7-17)18(25-8-2-3-9-25)14-23-19-20(22(29)21(19)28)26-12-10-24(15-27)11-13-26/h4-7,15,18,23H,2-3,8-14H2,1H3/t18-/m0/s1. The first-order valence-electron chi connectivity index (χ1n) is 10.5. The van der Waals surface area contributed by atoms with Gasteiger partial charge in [0.25, 0.3) is 10.9 Å². The van der Waals surface area contributed by atoms with Crippen LogP contribution in [0.4, 0.5) is 11.4 Å². The quantitative estimate of drug-likeness (QED) is 0.508. The molecule has 1 amide bonds. The van der Waals surface area contributed by atoms with Gasteiger partial charge in [0.15, 0.2) is 0 Å². The lowest BCUT2D eigenvalue weighted by molar-refractivity contribution is -0.118. The molecule has 0 saturated carbocycles. The number of hydrogen-bond acceptors (Lipinski definition) is 7. The topological polar surface area (TPSA) is 82.2 Å². The number of methoxy groups -OCH3 is 1. The van der Waals surface area contributed by atoms with Crippen LogP contribution in [0.3, 0.4) is 0 Å².